The number of benzene rings is 2. The van der Waals surface area contributed by atoms with Crippen molar-refractivity contribution in [1.29, 1.82) is 0 Å². The number of aliphatic carboxylic acids is 1. The second-order valence-corrected chi connectivity index (χ2v) is 10.5. The second kappa shape index (κ2) is 15.0. The van der Waals surface area contributed by atoms with E-state index in [9.17, 15) is 14.4 Å². The van der Waals surface area contributed by atoms with Crippen molar-refractivity contribution in [2.24, 2.45) is 11.0 Å². The summed E-state index contributed by atoms with van der Waals surface area (Å²) in [4.78, 5) is 36.4. The number of hydrogen-bond acceptors (Lipinski definition) is 7. The third-order valence-electron chi connectivity index (χ3n) is 4.89. The molecule has 2 amide bonds. The molecule has 0 spiro atoms. The largest absolute Gasteiger partial charge is 0.493 e. The Bertz CT molecular complexity index is 1190. The first kappa shape index (κ1) is 31.4. The number of rotatable bonds is 13. The van der Waals surface area contributed by atoms with Crippen LogP contribution in [0.25, 0.3) is 0 Å². The van der Waals surface area contributed by atoms with Crippen LogP contribution in [0, 0.1) is 9.49 Å². The van der Waals surface area contributed by atoms with Crippen molar-refractivity contribution in [2.75, 3.05) is 13.7 Å². The lowest BCUT2D eigenvalue weighted by molar-refractivity contribution is -0.139. The lowest BCUT2D eigenvalue weighted by atomic mass is 10.0. The Morgan fingerprint density at radius 2 is 1.82 bits per heavy atom. The predicted molar refractivity (Wildman–Crippen MR) is 153 cm³/mol. The van der Waals surface area contributed by atoms with Crippen LogP contribution in [0.1, 0.15) is 32.8 Å². The number of nitrogens with one attached hydrogen (secondary N) is 2. The number of carboxylic acid groups (broad SMARTS) is 1. The van der Waals surface area contributed by atoms with Gasteiger partial charge < -0.3 is 24.6 Å². The van der Waals surface area contributed by atoms with Gasteiger partial charge in [0.15, 0.2) is 24.2 Å². The maximum absolute atomic E-state index is 12.9. The van der Waals surface area contributed by atoms with Crippen molar-refractivity contribution in [1.82, 2.24) is 10.7 Å². The number of hydrogen-bond donors (Lipinski definition) is 3. The van der Waals surface area contributed by atoms with E-state index in [1.165, 1.54) is 19.4 Å². The van der Waals surface area contributed by atoms with Crippen LogP contribution in [0.2, 0.25) is 10.0 Å². The number of nitrogens with zero attached hydrogens (tertiary/aromatic N) is 1. The molecule has 10 nitrogen and oxygen atoms in total. The third-order valence-corrected chi connectivity index (χ3v) is 6.22. The Morgan fingerprint density at radius 1 is 1.11 bits per heavy atom. The van der Waals surface area contributed by atoms with E-state index in [2.05, 4.69) is 15.8 Å². The number of carboxylic acids is 1. The molecular weight excluding hydrogens is 652 g/mol. The van der Waals surface area contributed by atoms with E-state index >= 15 is 0 Å². The van der Waals surface area contributed by atoms with E-state index in [1.807, 2.05) is 36.4 Å². The fraction of sp³-hybridized carbons (Fsp3) is 0.360. The zero-order chi connectivity index (χ0) is 28.4. The van der Waals surface area contributed by atoms with E-state index < -0.39 is 36.5 Å². The van der Waals surface area contributed by atoms with Crippen LogP contribution in [0.5, 0.6) is 17.2 Å². The van der Waals surface area contributed by atoms with E-state index in [0.717, 1.165) is 0 Å². The Labute approximate surface area is 244 Å². The summed E-state index contributed by atoms with van der Waals surface area (Å²) in [6, 6.07) is 7.06. The van der Waals surface area contributed by atoms with Gasteiger partial charge in [-0.2, -0.15) is 5.10 Å². The number of carbonyl (C=O) groups is 3. The summed E-state index contributed by atoms with van der Waals surface area (Å²) >= 11 is 14.0. The average Bonchev–Trinajstić information content (AvgIpc) is 2.83. The Kier molecular flexibility index (Phi) is 12.4. The molecule has 0 bridgehead atoms. The molecule has 0 aliphatic rings. The van der Waals surface area contributed by atoms with Gasteiger partial charge in [0, 0.05) is 5.02 Å². The van der Waals surface area contributed by atoms with Gasteiger partial charge in [-0.05, 0) is 77.7 Å². The van der Waals surface area contributed by atoms with Crippen LogP contribution in [0.3, 0.4) is 0 Å². The van der Waals surface area contributed by atoms with Gasteiger partial charge in [-0.1, -0.05) is 37.0 Å². The van der Waals surface area contributed by atoms with E-state index in [-0.39, 0.29) is 22.4 Å². The predicted octanol–water partition coefficient (Wildman–Crippen LogP) is 4.52. The minimum atomic E-state index is -1.12. The van der Waals surface area contributed by atoms with E-state index in [4.69, 9.17) is 42.5 Å². The standard InChI is InChI=1S/C25H28Cl2IN3O7/c1-13(2)7-19(30-24(34)14(3)38-20-6-5-16(26)10-17(20)27)25(35)31-29-11-15-8-18(28)23(21(9-15)36-4)37-12-22(32)33/h5-6,8-11,13-14,19H,7,12H2,1-4H3,(H,30,34)(H,31,35)(H,32,33)/b29-11-/t14-,19+/m1/s1. The second-order valence-electron chi connectivity index (χ2n) is 8.48. The molecule has 0 aromatic heterocycles. The molecule has 0 heterocycles. The maximum atomic E-state index is 12.9. The molecule has 0 fully saturated rings. The molecule has 2 rings (SSSR count). The SMILES string of the molecule is COc1cc(/C=N\NC(=O)[C@H](CC(C)C)NC(=O)[C@@H](C)Oc2ccc(Cl)cc2Cl)cc(I)c1OCC(=O)O. The molecule has 13 heteroatoms. The van der Waals surface area contributed by atoms with Crippen molar-refractivity contribution < 1.29 is 33.7 Å². The summed E-state index contributed by atoms with van der Waals surface area (Å²) < 4.78 is 16.8. The highest BCUT2D eigenvalue weighted by atomic mass is 127. The van der Waals surface area contributed by atoms with Crippen LogP contribution < -0.4 is 25.0 Å². The minimum Gasteiger partial charge on any atom is -0.493 e. The molecule has 0 saturated heterocycles. The molecule has 0 aliphatic carbocycles. The Hall–Kier alpha value is -2.77. The fourth-order valence-electron chi connectivity index (χ4n) is 3.14. The minimum absolute atomic E-state index is 0.0983. The number of methoxy groups -OCH3 is 1. The van der Waals surface area contributed by atoms with Gasteiger partial charge >= 0.3 is 5.97 Å². The van der Waals surface area contributed by atoms with Crippen LogP contribution in [-0.4, -0.2) is 55.0 Å². The topological polar surface area (TPSA) is 136 Å². The monoisotopic (exact) mass is 679 g/mol. The number of amides is 2. The van der Waals surface area contributed by atoms with Gasteiger partial charge in [-0.15, -0.1) is 0 Å². The number of hydrazone groups is 1. The van der Waals surface area contributed by atoms with Crippen molar-refractivity contribution in [3.63, 3.8) is 0 Å². The molecule has 2 aromatic carbocycles. The van der Waals surface area contributed by atoms with Crippen molar-refractivity contribution in [3.05, 3.63) is 49.5 Å². The van der Waals surface area contributed by atoms with Crippen LogP contribution >= 0.6 is 45.8 Å². The smallest absolute Gasteiger partial charge is 0.341 e. The van der Waals surface area contributed by atoms with E-state index in [1.54, 1.807) is 31.2 Å². The molecule has 0 saturated carbocycles. The van der Waals surface area contributed by atoms with Crippen molar-refractivity contribution in [3.8, 4) is 17.2 Å². The molecule has 2 atom stereocenters. The van der Waals surface area contributed by atoms with E-state index in [0.29, 0.717) is 26.3 Å². The third kappa shape index (κ3) is 9.84. The van der Waals surface area contributed by atoms with Crippen molar-refractivity contribution >= 4 is 69.8 Å². The van der Waals surface area contributed by atoms with Gasteiger partial charge in [0.2, 0.25) is 0 Å². The summed E-state index contributed by atoms with van der Waals surface area (Å²) in [5.74, 6) is -1.15. The molecule has 38 heavy (non-hydrogen) atoms. The van der Waals surface area contributed by atoms with Crippen molar-refractivity contribution in [2.45, 2.75) is 39.3 Å². The van der Waals surface area contributed by atoms with Crippen LogP contribution in [0.4, 0.5) is 0 Å². The quantitative estimate of drug-likeness (QED) is 0.161. The first-order valence-corrected chi connectivity index (χ1v) is 13.2. The highest BCUT2D eigenvalue weighted by Crippen LogP contribution is 2.33. The molecule has 0 unspecified atom stereocenters. The lowest BCUT2D eigenvalue weighted by Crippen LogP contribution is -2.49. The van der Waals surface area contributed by atoms with Crippen LogP contribution in [-0.2, 0) is 14.4 Å². The van der Waals surface area contributed by atoms with Gasteiger partial charge in [-0.25, -0.2) is 10.2 Å². The fourth-order valence-corrected chi connectivity index (χ4v) is 4.38. The maximum Gasteiger partial charge on any atom is 0.341 e. The summed E-state index contributed by atoms with van der Waals surface area (Å²) in [7, 11) is 1.42. The zero-order valence-electron chi connectivity index (χ0n) is 21.1. The molecular formula is C25H28Cl2IN3O7. The first-order chi connectivity index (χ1) is 17.9. The van der Waals surface area contributed by atoms with Gasteiger partial charge in [0.25, 0.3) is 11.8 Å². The van der Waals surface area contributed by atoms with Gasteiger partial charge in [0.1, 0.15) is 11.8 Å². The molecule has 3 N–H and O–H groups in total. The summed E-state index contributed by atoms with van der Waals surface area (Å²) in [5.41, 5.74) is 3.01. The highest BCUT2D eigenvalue weighted by molar-refractivity contribution is 14.1. The molecule has 0 aliphatic heterocycles. The molecule has 2 aromatic rings. The Balaban J connectivity index is 2.07. The number of ether oxygens (including phenoxy) is 3. The Morgan fingerprint density at radius 3 is 2.42 bits per heavy atom. The molecule has 0 radical (unpaired) electrons. The highest BCUT2D eigenvalue weighted by Gasteiger charge is 2.25. The lowest BCUT2D eigenvalue weighted by Gasteiger charge is -2.22. The summed E-state index contributed by atoms with van der Waals surface area (Å²) in [6.07, 6.45) is 0.825. The first-order valence-electron chi connectivity index (χ1n) is 11.4. The zero-order valence-corrected chi connectivity index (χ0v) is 24.8. The van der Waals surface area contributed by atoms with Gasteiger partial charge in [-0.3, -0.25) is 9.59 Å². The average molecular weight is 680 g/mol. The van der Waals surface area contributed by atoms with Crippen LogP contribution in [0.15, 0.2) is 35.4 Å². The summed E-state index contributed by atoms with van der Waals surface area (Å²) in [6.45, 7) is 4.87. The van der Waals surface area contributed by atoms with Gasteiger partial charge in [0.05, 0.1) is 21.9 Å². The number of carbonyl (C=O) groups excluding carboxylic acids is 2. The molecule has 206 valence electrons. The number of halogens is 3. The summed E-state index contributed by atoms with van der Waals surface area (Å²) in [5, 5.41) is 16.2. The normalized spacial score (nSPS) is 12.6.